The molecular formula is C16H27NO. The Morgan fingerprint density at radius 3 is 2.28 bits per heavy atom. The van der Waals surface area contributed by atoms with Gasteiger partial charge in [0, 0.05) is 6.61 Å². The van der Waals surface area contributed by atoms with E-state index in [2.05, 4.69) is 52.0 Å². The van der Waals surface area contributed by atoms with Crippen molar-refractivity contribution < 1.29 is 4.74 Å². The lowest BCUT2D eigenvalue weighted by atomic mass is 9.86. The molecular weight excluding hydrogens is 222 g/mol. The number of unbranched alkanes of at least 4 members (excludes halogenated alkanes) is 1. The average Bonchev–Trinajstić information content (AvgIpc) is 2.33. The van der Waals surface area contributed by atoms with Crippen LogP contribution in [-0.2, 0) is 10.2 Å². The molecule has 0 spiro atoms. The Balaban J connectivity index is 2.51. The Morgan fingerprint density at radius 2 is 1.78 bits per heavy atom. The van der Waals surface area contributed by atoms with Crippen LogP contribution in [0.5, 0.6) is 0 Å². The molecule has 0 amide bonds. The molecule has 2 heteroatoms. The van der Waals surface area contributed by atoms with E-state index in [0.717, 1.165) is 25.0 Å². The van der Waals surface area contributed by atoms with Crippen molar-refractivity contribution in [3.05, 3.63) is 35.4 Å². The fraction of sp³-hybridized carbons (Fsp3) is 0.625. The second-order valence-electron chi connectivity index (χ2n) is 5.91. The fourth-order valence-electron chi connectivity index (χ4n) is 1.78. The minimum absolute atomic E-state index is 0.0177. The second kappa shape index (κ2) is 6.91. The summed E-state index contributed by atoms with van der Waals surface area (Å²) in [5.41, 5.74) is 8.80. The van der Waals surface area contributed by atoms with E-state index in [0.29, 0.717) is 6.61 Å². The highest BCUT2D eigenvalue weighted by atomic mass is 16.5. The van der Waals surface area contributed by atoms with Crippen LogP contribution in [-0.4, -0.2) is 13.2 Å². The molecule has 18 heavy (non-hydrogen) atoms. The van der Waals surface area contributed by atoms with Gasteiger partial charge in [0.05, 0.1) is 12.6 Å². The Bertz CT molecular complexity index is 337. The van der Waals surface area contributed by atoms with Gasteiger partial charge in [0.25, 0.3) is 0 Å². The van der Waals surface area contributed by atoms with Gasteiger partial charge in [-0.3, -0.25) is 0 Å². The van der Waals surface area contributed by atoms with Gasteiger partial charge in [-0.15, -0.1) is 0 Å². The van der Waals surface area contributed by atoms with Crippen LogP contribution in [0, 0.1) is 0 Å². The van der Waals surface area contributed by atoms with Gasteiger partial charge in [0.1, 0.15) is 0 Å². The predicted octanol–water partition coefficient (Wildman–Crippen LogP) is 3.80. The first-order chi connectivity index (χ1) is 8.45. The van der Waals surface area contributed by atoms with Gasteiger partial charge in [-0.2, -0.15) is 0 Å². The van der Waals surface area contributed by atoms with Crippen molar-refractivity contribution in [2.75, 3.05) is 13.2 Å². The predicted molar refractivity (Wildman–Crippen MR) is 77.8 cm³/mol. The van der Waals surface area contributed by atoms with E-state index in [9.17, 15) is 0 Å². The van der Waals surface area contributed by atoms with Crippen molar-refractivity contribution in [2.24, 2.45) is 5.73 Å². The summed E-state index contributed by atoms with van der Waals surface area (Å²) in [6.07, 6.45) is 2.27. The maximum absolute atomic E-state index is 6.11. The molecule has 1 atom stereocenters. The van der Waals surface area contributed by atoms with Crippen molar-refractivity contribution in [2.45, 2.75) is 52.0 Å². The van der Waals surface area contributed by atoms with Crippen molar-refractivity contribution >= 4 is 0 Å². The topological polar surface area (TPSA) is 35.2 Å². The summed E-state index contributed by atoms with van der Waals surface area (Å²) in [6.45, 7) is 10.2. The number of nitrogens with two attached hydrogens (primary N) is 1. The van der Waals surface area contributed by atoms with Crippen LogP contribution in [0.2, 0.25) is 0 Å². The third-order valence-electron chi connectivity index (χ3n) is 3.14. The standard InChI is InChI=1S/C16H27NO/c1-5-6-11-18-12-15(17)13-7-9-14(10-8-13)16(2,3)4/h7-10,15H,5-6,11-12,17H2,1-4H3. The lowest BCUT2D eigenvalue weighted by Gasteiger charge is -2.20. The Kier molecular flexibility index (Phi) is 5.83. The van der Waals surface area contributed by atoms with E-state index in [1.807, 2.05) is 0 Å². The number of benzene rings is 1. The minimum Gasteiger partial charge on any atom is -0.379 e. The number of hydrogen-bond donors (Lipinski definition) is 1. The molecule has 1 aromatic rings. The van der Waals surface area contributed by atoms with E-state index in [-0.39, 0.29) is 11.5 Å². The molecule has 0 saturated carbocycles. The van der Waals surface area contributed by atoms with Crippen LogP contribution in [0.1, 0.15) is 57.7 Å². The van der Waals surface area contributed by atoms with E-state index >= 15 is 0 Å². The van der Waals surface area contributed by atoms with Gasteiger partial charge in [-0.05, 0) is 23.0 Å². The van der Waals surface area contributed by atoms with E-state index in [1.54, 1.807) is 0 Å². The van der Waals surface area contributed by atoms with Gasteiger partial charge < -0.3 is 10.5 Å². The first-order valence-electron chi connectivity index (χ1n) is 6.89. The summed E-state index contributed by atoms with van der Waals surface area (Å²) in [4.78, 5) is 0. The maximum atomic E-state index is 6.11. The molecule has 0 fully saturated rings. The molecule has 2 nitrogen and oxygen atoms in total. The molecule has 102 valence electrons. The fourth-order valence-corrected chi connectivity index (χ4v) is 1.78. The quantitative estimate of drug-likeness (QED) is 0.778. The number of ether oxygens (including phenoxy) is 1. The van der Waals surface area contributed by atoms with Gasteiger partial charge in [0.2, 0.25) is 0 Å². The summed E-state index contributed by atoms with van der Waals surface area (Å²) in [5, 5.41) is 0. The number of rotatable bonds is 6. The number of hydrogen-bond acceptors (Lipinski definition) is 2. The van der Waals surface area contributed by atoms with Gasteiger partial charge in [-0.1, -0.05) is 58.4 Å². The van der Waals surface area contributed by atoms with Crippen molar-refractivity contribution in [3.8, 4) is 0 Å². The zero-order valence-electron chi connectivity index (χ0n) is 12.2. The van der Waals surface area contributed by atoms with Crippen molar-refractivity contribution in [1.29, 1.82) is 0 Å². The molecule has 0 radical (unpaired) electrons. The van der Waals surface area contributed by atoms with E-state index in [1.165, 1.54) is 5.56 Å². The third kappa shape index (κ3) is 4.79. The lowest BCUT2D eigenvalue weighted by molar-refractivity contribution is 0.118. The van der Waals surface area contributed by atoms with Gasteiger partial charge in [0.15, 0.2) is 0 Å². The van der Waals surface area contributed by atoms with E-state index in [4.69, 9.17) is 10.5 Å². The second-order valence-corrected chi connectivity index (χ2v) is 5.91. The van der Waals surface area contributed by atoms with Crippen LogP contribution in [0.3, 0.4) is 0 Å². The molecule has 1 rings (SSSR count). The molecule has 0 aliphatic heterocycles. The molecule has 1 aromatic carbocycles. The highest BCUT2D eigenvalue weighted by Crippen LogP contribution is 2.23. The average molecular weight is 249 g/mol. The first kappa shape index (κ1) is 15.2. The molecule has 0 saturated heterocycles. The van der Waals surface area contributed by atoms with Crippen molar-refractivity contribution in [1.82, 2.24) is 0 Å². The zero-order chi connectivity index (χ0) is 13.6. The maximum Gasteiger partial charge on any atom is 0.0659 e. The lowest BCUT2D eigenvalue weighted by Crippen LogP contribution is -2.18. The Morgan fingerprint density at radius 1 is 1.17 bits per heavy atom. The summed E-state index contributed by atoms with van der Waals surface area (Å²) >= 11 is 0. The SMILES string of the molecule is CCCCOCC(N)c1ccc(C(C)(C)C)cc1. The third-order valence-corrected chi connectivity index (χ3v) is 3.14. The normalized spacial score (nSPS) is 13.6. The monoisotopic (exact) mass is 249 g/mol. The largest absolute Gasteiger partial charge is 0.379 e. The van der Waals surface area contributed by atoms with Crippen LogP contribution in [0.15, 0.2) is 24.3 Å². The van der Waals surface area contributed by atoms with Gasteiger partial charge in [-0.25, -0.2) is 0 Å². The van der Waals surface area contributed by atoms with Crippen LogP contribution >= 0.6 is 0 Å². The van der Waals surface area contributed by atoms with Crippen LogP contribution in [0.25, 0.3) is 0 Å². The van der Waals surface area contributed by atoms with Crippen LogP contribution < -0.4 is 5.73 Å². The summed E-state index contributed by atoms with van der Waals surface area (Å²) in [6, 6.07) is 8.56. The summed E-state index contributed by atoms with van der Waals surface area (Å²) < 4.78 is 5.56. The molecule has 0 aliphatic rings. The van der Waals surface area contributed by atoms with Crippen molar-refractivity contribution in [3.63, 3.8) is 0 Å². The summed E-state index contributed by atoms with van der Waals surface area (Å²) in [5.74, 6) is 0. The highest BCUT2D eigenvalue weighted by Gasteiger charge is 2.14. The van der Waals surface area contributed by atoms with E-state index < -0.39 is 0 Å². The first-order valence-corrected chi connectivity index (χ1v) is 6.89. The molecule has 0 aromatic heterocycles. The zero-order valence-corrected chi connectivity index (χ0v) is 12.2. The molecule has 2 N–H and O–H groups in total. The van der Waals surface area contributed by atoms with Crippen LogP contribution in [0.4, 0.5) is 0 Å². The smallest absolute Gasteiger partial charge is 0.0659 e. The Labute approximate surface area is 112 Å². The molecule has 0 bridgehead atoms. The highest BCUT2D eigenvalue weighted by molar-refractivity contribution is 5.29. The molecule has 1 unspecified atom stereocenters. The van der Waals surface area contributed by atoms with Gasteiger partial charge >= 0.3 is 0 Å². The molecule has 0 heterocycles. The summed E-state index contributed by atoms with van der Waals surface area (Å²) in [7, 11) is 0. The minimum atomic E-state index is -0.0177. The Hall–Kier alpha value is -0.860. The molecule has 0 aliphatic carbocycles.